The fourth-order valence-electron chi connectivity index (χ4n) is 1.50. The molecular weight excluding hydrogens is 265 g/mol. The van der Waals surface area contributed by atoms with Crippen molar-refractivity contribution in [3.63, 3.8) is 0 Å². The maximum Gasteiger partial charge on any atom is 0.411 e. The molecule has 0 aliphatic heterocycles. The van der Waals surface area contributed by atoms with Crippen molar-refractivity contribution < 1.29 is 27.8 Å². The van der Waals surface area contributed by atoms with Crippen molar-refractivity contribution in [1.82, 2.24) is 10.2 Å². The van der Waals surface area contributed by atoms with Gasteiger partial charge >= 0.3 is 6.18 Å². The summed E-state index contributed by atoms with van der Waals surface area (Å²) in [5, 5.41) is 11.6. The lowest BCUT2D eigenvalue weighted by Gasteiger charge is -2.20. The number of alkyl halides is 3. The normalized spacial score (nSPS) is 15.8. The molecule has 8 heteroatoms. The van der Waals surface area contributed by atoms with Gasteiger partial charge in [-0.1, -0.05) is 0 Å². The molecule has 0 heterocycles. The number of carbonyl (C=O) groups is 1. The highest BCUT2D eigenvalue weighted by molar-refractivity contribution is 5.78. The van der Waals surface area contributed by atoms with E-state index >= 15 is 0 Å². The number of hydrogen-bond donors (Lipinski definition) is 2. The average Bonchev–Trinajstić information content (AvgIpc) is 3.07. The minimum Gasteiger partial charge on any atom is -0.395 e. The van der Waals surface area contributed by atoms with Crippen LogP contribution in [0.15, 0.2) is 0 Å². The number of halogens is 3. The molecular formula is C11H19F3N2O3. The van der Waals surface area contributed by atoms with E-state index in [0.29, 0.717) is 0 Å². The van der Waals surface area contributed by atoms with E-state index in [1.54, 1.807) is 4.90 Å². The van der Waals surface area contributed by atoms with Gasteiger partial charge in [0.15, 0.2) is 0 Å². The van der Waals surface area contributed by atoms with Gasteiger partial charge in [-0.15, -0.1) is 0 Å². The van der Waals surface area contributed by atoms with E-state index < -0.39 is 12.8 Å². The Balaban J connectivity index is 2.17. The van der Waals surface area contributed by atoms with Crippen LogP contribution in [0.5, 0.6) is 0 Å². The molecule has 0 spiro atoms. The Labute approximate surface area is 109 Å². The molecule has 19 heavy (non-hydrogen) atoms. The molecule has 0 atom stereocenters. The lowest BCUT2D eigenvalue weighted by Crippen LogP contribution is -2.41. The van der Waals surface area contributed by atoms with Gasteiger partial charge < -0.3 is 15.2 Å². The van der Waals surface area contributed by atoms with Crippen LogP contribution in [0.1, 0.15) is 12.8 Å². The number of rotatable bonds is 9. The smallest absolute Gasteiger partial charge is 0.395 e. The number of hydrogen-bond acceptors (Lipinski definition) is 4. The fourth-order valence-corrected chi connectivity index (χ4v) is 1.50. The van der Waals surface area contributed by atoms with Crippen LogP contribution < -0.4 is 5.32 Å². The van der Waals surface area contributed by atoms with Crippen LogP contribution in [0.4, 0.5) is 13.2 Å². The van der Waals surface area contributed by atoms with Crippen LogP contribution in [0, 0.1) is 0 Å². The highest BCUT2D eigenvalue weighted by atomic mass is 19.4. The highest BCUT2D eigenvalue weighted by Gasteiger charge is 2.27. The first kappa shape index (κ1) is 16.2. The number of nitrogens with zero attached hydrogens (tertiary/aromatic N) is 1. The van der Waals surface area contributed by atoms with Crippen molar-refractivity contribution in [3.8, 4) is 0 Å². The van der Waals surface area contributed by atoms with Crippen molar-refractivity contribution in [2.45, 2.75) is 25.1 Å². The van der Waals surface area contributed by atoms with Crippen molar-refractivity contribution in [1.29, 1.82) is 0 Å². The van der Waals surface area contributed by atoms with Gasteiger partial charge in [-0.3, -0.25) is 9.69 Å². The monoisotopic (exact) mass is 284 g/mol. The van der Waals surface area contributed by atoms with Gasteiger partial charge in [0.2, 0.25) is 5.91 Å². The minimum atomic E-state index is -4.34. The van der Waals surface area contributed by atoms with Gasteiger partial charge in [-0.25, -0.2) is 0 Å². The van der Waals surface area contributed by atoms with E-state index in [0.717, 1.165) is 12.8 Å². The van der Waals surface area contributed by atoms with E-state index in [2.05, 4.69) is 10.1 Å². The van der Waals surface area contributed by atoms with Gasteiger partial charge in [0, 0.05) is 19.1 Å². The Morgan fingerprint density at radius 2 is 2.05 bits per heavy atom. The predicted molar refractivity (Wildman–Crippen MR) is 61.6 cm³/mol. The zero-order valence-electron chi connectivity index (χ0n) is 10.6. The van der Waals surface area contributed by atoms with E-state index in [9.17, 15) is 18.0 Å². The molecule has 0 saturated heterocycles. The minimum absolute atomic E-state index is 0.0619. The number of ether oxygens (including phenoxy) is 1. The first-order valence-electron chi connectivity index (χ1n) is 6.18. The molecule has 1 rings (SSSR count). The van der Waals surface area contributed by atoms with E-state index in [1.807, 2.05) is 0 Å². The Kier molecular flexibility index (Phi) is 6.53. The van der Waals surface area contributed by atoms with Gasteiger partial charge in [-0.2, -0.15) is 13.2 Å². The van der Waals surface area contributed by atoms with Gasteiger partial charge in [0.05, 0.1) is 19.8 Å². The summed E-state index contributed by atoms with van der Waals surface area (Å²) in [6.45, 7) is -1.12. The Morgan fingerprint density at radius 1 is 1.37 bits per heavy atom. The highest BCUT2D eigenvalue weighted by Crippen LogP contribution is 2.18. The maximum atomic E-state index is 11.8. The van der Waals surface area contributed by atoms with E-state index in [1.165, 1.54) is 0 Å². The molecule has 1 aliphatic carbocycles. The van der Waals surface area contributed by atoms with Crippen molar-refractivity contribution in [2.24, 2.45) is 0 Å². The molecule has 0 aromatic rings. The predicted octanol–water partition coefficient (Wildman–Crippen LogP) is 0.138. The number of amides is 1. The summed E-state index contributed by atoms with van der Waals surface area (Å²) in [5.41, 5.74) is 0. The summed E-state index contributed by atoms with van der Waals surface area (Å²) >= 11 is 0. The first-order valence-corrected chi connectivity index (χ1v) is 6.18. The summed E-state index contributed by atoms with van der Waals surface area (Å²) in [6, 6.07) is 0.241. The van der Waals surface area contributed by atoms with Crippen molar-refractivity contribution >= 4 is 5.91 Å². The summed E-state index contributed by atoms with van der Waals surface area (Å²) in [7, 11) is 0. The van der Waals surface area contributed by atoms with E-state index in [-0.39, 0.29) is 44.8 Å². The van der Waals surface area contributed by atoms with Gasteiger partial charge in [-0.05, 0) is 12.8 Å². The van der Waals surface area contributed by atoms with Crippen molar-refractivity contribution in [2.75, 3.05) is 39.5 Å². The second-order valence-electron chi connectivity index (χ2n) is 4.51. The zero-order valence-corrected chi connectivity index (χ0v) is 10.6. The Hall–Kier alpha value is -0.860. The van der Waals surface area contributed by atoms with E-state index in [4.69, 9.17) is 5.11 Å². The topological polar surface area (TPSA) is 61.8 Å². The quantitative estimate of drug-likeness (QED) is 0.591. The lowest BCUT2D eigenvalue weighted by molar-refractivity contribution is -0.174. The third-order valence-electron chi connectivity index (χ3n) is 2.54. The molecule has 0 unspecified atom stereocenters. The molecule has 2 N–H and O–H groups in total. The number of aliphatic hydroxyl groups is 1. The number of aliphatic hydroxyl groups excluding tert-OH is 1. The van der Waals surface area contributed by atoms with Crippen LogP contribution >= 0.6 is 0 Å². The molecule has 1 aliphatic rings. The zero-order chi connectivity index (χ0) is 14.3. The number of carbonyl (C=O) groups excluding carboxylic acids is 1. The third-order valence-corrected chi connectivity index (χ3v) is 2.54. The van der Waals surface area contributed by atoms with Crippen molar-refractivity contribution in [3.05, 3.63) is 0 Å². The standard InChI is InChI=1S/C11H19F3N2O3/c12-11(13,14)8-19-6-4-16(3-5-17)7-10(18)15-9-1-2-9/h9,17H,1-8H2,(H,15,18). The largest absolute Gasteiger partial charge is 0.411 e. The Bertz CT molecular complexity index is 283. The average molecular weight is 284 g/mol. The van der Waals surface area contributed by atoms with Gasteiger partial charge in [0.25, 0.3) is 0 Å². The molecule has 1 saturated carbocycles. The third kappa shape index (κ3) is 8.79. The molecule has 0 radical (unpaired) electrons. The SMILES string of the molecule is O=C(CN(CCO)CCOCC(F)(F)F)NC1CC1. The fraction of sp³-hybridized carbons (Fsp3) is 0.909. The Morgan fingerprint density at radius 3 is 2.58 bits per heavy atom. The van der Waals surface area contributed by atoms with Crippen LogP contribution in [0.3, 0.4) is 0 Å². The second kappa shape index (κ2) is 7.66. The van der Waals surface area contributed by atoms with Crippen LogP contribution in [0.2, 0.25) is 0 Å². The maximum absolute atomic E-state index is 11.8. The first-order chi connectivity index (χ1) is 8.90. The van der Waals surface area contributed by atoms with Crippen LogP contribution in [-0.2, 0) is 9.53 Å². The lowest BCUT2D eigenvalue weighted by atomic mass is 10.4. The summed E-state index contributed by atoms with van der Waals surface area (Å²) in [5.74, 6) is -0.174. The second-order valence-corrected chi connectivity index (χ2v) is 4.51. The summed E-state index contributed by atoms with van der Waals surface area (Å²) in [6.07, 6.45) is -2.40. The molecule has 5 nitrogen and oxygen atoms in total. The van der Waals surface area contributed by atoms with Gasteiger partial charge in [0.1, 0.15) is 6.61 Å². The summed E-state index contributed by atoms with van der Waals surface area (Å²) < 4.78 is 40.0. The van der Waals surface area contributed by atoms with Crippen LogP contribution in [-0.4, -0.2) is 67.6 Å². The van der Waals surface area contributed by atoms with Crippen LogP contribution in [0.25, 0.3) is 0 Å². The molecule has 1 amide bonds. The molecule has 0 aromatic heterocycles. The molecule has 1 fully saturated rings. The molecule has 0 bridgehead atoms. The summed E-state index contributed by atoms with van der Waals surface area (Å²) in [4.78, 5) is 13.1. The molecule has 112 valence electrons. The molecule has 0 aromatic carbocycles. The number of nitrogens with one attached hydrogen (secondary N) is 1.